The minimum Gasteiger partial charge on any atom is -0.493 e. The monoisotopic (exact) mass is 344 g/mol. The second-order valence-corrected chi connectivity index (χ2v) is 6.71. The lowest BCUT2D eigenvalue weighted by Crippen LogP contribution is -2.20. The number of alkyl halides is 3. The minimum atomic E-state index is -4.65. The first-order valence-corrected chi connectivity index (χ1v) is 8.95. The summed E-state index contributed by atoms with van der Waals surface area (Å²) >= 11 is 0. The second-order valence-electron chi connectivity index (χ2n) is 6.71. The maximum Gasteiger partial charge on any atom is 0.573 e. The fourth-order valence-electron chi connectivity index (χ4n) is 3.32. The molecule has 1 fully saturated rings. The van der Waals surface area contributed by atoms with Crippen LogP contribution in [0, 0.1) is 11.8 Å². The molecule has 24 heavy (non-hydrogen) atoms. The van der Waals surface area contributed by atoms with E-state index < -0.39 is 6.36 Å². The van der Waals surface area contributed by atoms with Gasteiger partial charge in [-0.3, -0.25) is 0 Å². The van der Waals surface area contributed by atoms with Crippen LogP contribution in [0.25, 0.3) is 0 Å². The van der Waals surface area contributed by atoms with Crippen LogP contribution in [-0.4, -0.2) is 13.0 Å². The highest BCUT2D eigenvalue weighted by molar-refractivity contribution is 5.31. The number of hydrogen-bond donors (Lipinski definition) is 0. The van der Waals surface area contributed by atoms with Gasteiger partial charge in [-0.15, -0.1) is 13.2 Å². The highest BCUT2D eigenvalue weighted by atomic mass is 19.4. The van der Waals surface area contributed by atoms with Gasteiger partial charge in [0.25, 0.3) is 0 Å². The number of ether oxygens (including phenoxy) is 2. The van der Waals surface area contributed by atoms with Crippen molar-refractivity contribution in [3.63, 3.8) is 0 Å². The maximum absolute atomic E-state index is 12.1. The van der Waals surface area contributed by atoms with Gasteiger partial charge in [0.05, 0.1) is 6.61 Å². The molecule has 0 amide bonds. The Balaban J connectivity index is 1.67. The molecule has 0 radical (unpaired) electrons. The fraction of sp³-hybridized carbons (Fsp3) is 0.684. The van der Waals surface area contributed by atoms with Crippen LogP contribution in [0.2, 0.25) is 0 Å². The summed E-state index contributed by atoms with van der Waals surface area (Å²) in [7, 11) is 0. The largest absolute Gasteiger partial charge is 0.573 e. The van der Waals surface area contributed by atoms with Crippen LogP contribution in [0.3, 0.4) is 0 Å². The highest BCUT2D eigenvalue weighted by Gasteiger charge is 2.31. The van der Waals surface area contributed by atoms with Gasteiger partial charge in [0.15, 0.2) is 0 Å². The lowest BCUT2D eigenvalue weighted by Gasteiger charge is -2.28. The number of halogens is 3. The molecule has 2 rings (SSSR count). The van der Waals surface area contributed by atoms with Crippen molar-refractivity contribution in [3.05, 3.63) is 24.3 Å². The predicted octanol–water partition coefficient (Wildman–Crippen LogP) is 6.35. The van der Waals surface area contributed by atoms with Crippen molar-refractivity contribution in [2.45, 2.75) is 64.7 Å². The molecule has 2 nitrogen and oxygen atoms in total. The number of rotatable bonds is 8. The van der Waals surface area contributed by atoms with Gasteiger partial charge < -0.3 is 9.47 Å². The van der Waals surface area contributed by atoms with Gasteiger partial charge in [-0.2, -0.15) is 0 Å². The molecule has 1 aliphatic carbocycles. The summed E-state index contributed by atoms with van der Waals surface area (Å²) < 4.78 is 45.9. The van der Waals surface area contributed by atoms with E-state index in [4.69, 9.17) is 4.74 Å². The molecule has 5 heteroatoms. The summed E-state index contributed by atoms with van der Waals surface area (Å²) in [5.41, 5.74) is 0. The maximum atomic E-state index is 12.1. The van der Waals surface area contributed by atoms with Gasteiger partial charge in [0.1, 0.15) is 11.5 Å². The Labute approximate surface area is 142 Å². The van der Waals surface area contributed by atoms with E-state index in [0.29, 0.717) is 18.3 Å². The van der Waals surface area contributed by atoms with Crippen molar-refractivity contribution in [2.75, 3.05) is 6.61 Å². The quantitative estimate of drug-likeness (QED) is 0.512. The molecule has 0 bridgehead atoms. The van der Waals surface area contributed by atoms with E-state index in [-0.39, 0.29) is 5.75 Å². The standard InChI is InChI=1S/C19H27F3O2/c1-2-3-4-5-15-6-8-16(9-7-15)14-23-17-10-12-18(13-11-17)24-19(20,21)22/h10-13,15-16H,2-9,14H2,1H3. The van der Waals surface area contributed by atoms with Crippen molar-refractivity contribution >= 4 is 0 Å². The molecular weight excluding hydrogens is 317 g/mol. The van der Waals surface area contributed by atoms with Crippen LogP contribution in [0.5, 0.6) is 11.5 Å². The van der Waals surface area contributed by atoms with Gasteiger partial charge in [-0.25, -0.2) is 0 Å². The van der Waals surface area contributed by atoms with Crippen molar-refractivity contribution < 1.29 is 22.6 Å². The van der Waals surface area contributed by atoms with E-state index in [0.717, 1.165) is 5.92 Å². The first-order chi connectivity index (χ1) is 11.5. The lowest BCUT2D eigenvalue weighted by atomic mass is 9.80. The van der Waals surface area contributed by atoms with Crippen LogP contribution < -0.4 is 9.47 Å². The van der Waals surface area contributed by atoms with E-state index in [2.05, 4.69) is 11.7 Å². The van der Waals surface area contributed by atoms with Crippen LogP contribution in [0.1, 0.15) is 58.3 Å². The van der Waals surface area contributed by atoms with E-state index in [1.165, 1.54) is 75.6 Å². The van der Waals surface area contributed by atoms with Crippen molar-refractivity contribution in [2.24, 2.45) is 11.8 Å². The minimum absolute atomic E-state index is 0.220. The van der Waals surface area contributed by atoms with Crippen LogP contribution in [-0.2, 0) is 0 Å². The summed E-state index contributed by atoms with van der Waals surface area (Å²) in [5.74, 6) is 1.79. The zero-order chi connectivity index (χ0) is 17.4. The van der Waals surface area contributed by atoms with E-state index in [1.54, 1.807) is 0 Å². The Bertz CT molecular complexity index is 462. The third kappa shape index (κ3) is 7.02. The Kier molecular flexibility index (Phi) is 7.25. The zero-order valence-corrected chi connectivity index (χ0v) is 14.3. The molecule has 0 aromatic heterocycles. The van der Waals surface area contributed by atoms with Crippen LogP contribution >= 0.6 is 0 Å². The zero-order valence-electron chi connectivity index (χ0n) is 14.3. The average molecular weight is 344 g/mol. The van der Waals surface area contributed by atoms with E-state index >= 15 is 0 Å². The number of unbranched alkanes of at least 4 members (excludes halogenated alkanes) is 2. The first kappa shape index (κ1) is 18.9. The molecule has 136 valence electrons. The molecule has 1 aromatic rings. The molecular formula is C19H27F3O2. The summed E-state index contributed by atoms with van der Waals surface area (Å²) in [4.78, 5) is 0. The molecule has 0 aliphatic heterocycles. The smallest absolute Gasteiger partial charge is 0.493 e. The van der Waals surface area contributed by atoms with Crippen molar-refractivity contribution in [3.8, 4) is 11.5 Å². The van der Waals surface area contributed by atoms with Gasteiger partial charge in [-0.05, 0) is 48.9 Å². The Hall–Kier alpha value is -1.39. The molecule has 1 saturated carbocycles. The topological polar surface area (TPSA) is 18.5 Å². The summed E-state index contributed by atoms with van der Waals surface area (Å²) in [6.45, 7) is 2.87. The molecule has 1 aliphatic rings. The molecule has 0 unspecified atom stereocenters. The van der Waals surface area contributed by atoms with Gasteiger partial charge in [-0.1, -0.05) is 45.4 Å². The molecule has 1 aromatic carbocycles. The Morgan fingerprint density at radius 3 is 2.08 bits per heavy atom. The highest BCUT2D eigenvalue weighted by Crippen LogP contribution is 2.32. The van der Waals surface area contributed by atoms with Crippen LogP contribution in [0.4, 0.5) is 13.2 Å². The van der Waals surface area contributed by atoms with E-state index in [1.807, 2.05) is 0 Å². The summed E-state index contributed by atoms with van der Waals surface area (Å²) in [6, 6.07) is 5.62. The molecule has 0 heterocycles. The van der Waals surface area contributed by atoms with E-state index in [9.17, 15) is 13.2 Å². The molecule has 0 atom stereocenters. The summed E-state index contributed by atoms with van der Waals surface area (Å²) in [5, 5.41) is 0. The first-order valence-electron chi connectivity index (χ1n) is 8.95. The normalized spacial score (nSPS) is 21.5. The SMILES string of the molecule is CCCCCC1CCC(COc2ccc(OC(F)(F)F)cc2)CC1. The van der Waals surface area contributed by atoms with Crippen molar-refractivity contribution in [1.82, 2.24) is 0 Å². The second kappa shape index (κ2) is 9.19. The Morgan fingerprint density at radius 1 is 0.917 bits per heavy atom. The fourth-order valence-corrected chi connectivity index (χ4v) is 3.32. The van der Waals surface area contributed by atoms with Crippen molar-refractivity contribution in [1.29, 1.82) is 0 Å². The Morgan fingerprint density at radius 2 is 1.50 bits per heavy atom. The molecule has 0 saturated heterocycles. The van der Waals surface area contributed by atoms with Gasteiger partial charge in [0, 0.05) is 0 Å². The number of benzene rings is 1. The average Bonchev–Trinajstić information content (AvgIpc) is 2.54. The van der Waals surface area contributed by atoms with Gasteiger partial charge >= 0.3 is 6.36 Å². The van der Waals surface area contributed by atoms with Crippen LogP contribution in [0.15, 0.2) is 24.3 Å². The number of hydrogen-bond acceptors (Lipinski definition) is 2. The lowest BCUT2D eigenvalue weighted by molar-refractivity contribution is -0.274. The third-order valence-electron chi connectivity index (χ3n) is 4.73. The predicted molar refractivity (Wildman–Crippen MR) is 88.2 cm³/mol. The molecule has 0 N–H and O–H groups in total. The van der Waals surface area contributed by atoms with Gasteiger partial charge in [0.2, 0.25) is 0 Å². The summed E-state index contributed by atoms with van der Waals surface area (Å²) in [6.07, 6.45) is 5.56. The third-order valence-corrected chi connectivity index (χ3v) is 4.73. The molecule has 0 spiro atoms.